The Balaban J connectivity index is 1.29. The molecular formula is C20H29N3O4. The maximum Gasteiger partial charge on any atom is 0.410 e. The molecule has 7 nitrogen and oxygen atoms in total. The molecule has 0 unspecified atom stereocenters. The van der Waals surface area contributed by atoms with Crippen LogP contribution in [-0.2, 0) is 16.0 Å². The van der Waals surface area contributed by atoms with Crippen LogP contribution >= 0.6 is 0 Å². The second-order valence-electron chi connectivity index (χ2n) is 7.81. The average molecular weight is 375 g/mol. The van der Waals surface area contributed by atoms with Gasteiger partial charge in [-0.05, 0) is 30.5 Å². The molecule has 0 radical (unpaired) electrons. The van der Waals surface area contributed by atoms with Crippen LogP contribution in [0.15, 0.2) is 18.2 Å². The molecular weight excluding hydrogens is 346 g/mol. The number of likely N-dealkylation sites (tertiary alicyclic amines) is 1. The van der Waals surface area contributed by atoms with Crippen LogP contribution in [0.1, 0.15) is 17.5 Å². The number of aryl methyl sites for hydroxylation is 1. The van der Waals surface area contributed by atoms with Gasteiger partial charge < -0.3 is 19.5 Å². The van der Waals surface area contributed by atoms with E-state index in [0.717, 1.165) is 71.0 Å². The van der Waals surface area contributed by atoms with Crippen LogP contribution in [0.5, 0.6) is 5.75 Å². The molecule has 3 aliphatic heterocycles. The molecule has 7 heteroatoms. The third kappa shape index (κ3) is 4.20. The number of ether oxygens (including phenoxy) is 2. The Morgan fingerprint density at radius 1 is 1.15 bits per heavy atom. The zero-order chi connectivity index (χ0) is 18.8. The second kappa shape index (κ2) is 8.04. The van der Waals surface area contributed by atoms with E-state index in [9.17, 15) is 9.90 Å². The maximum atomic E-state index is 12.2. The summed E-state index contributed by atoms with van der Waals surface area (Å²) in [6, 6.07) is 5.89. The normalized spacial score (nSPS) is 26.4. The van der Waals surface area contributed by atoms with Crippen LogP contribution in [0, 0.1) is 6.92 Å². The molecule has 4 rings (SSSR count). The Hall–Kier alpha value is -1.83. The van der Waals surface area contributed by atoms with Crippen molar-refractivity contribution in [1.82, 2.24) is 14.7 Å². The third-order valence-corrected chi connectivity index (χ3v) is 5.84. The van der Waals surface area contributed by atoms with Crippen molar-refractivity contribution in [3.8, 4) is 5.75 Å². The number of carbonyl (C=O) groups is 1. The zero-order valence-electron chi connectivity index (χ0n) is 16.0. The number of nitrogens with zero attached hydrogens (tertiary/aromatic N) is 3. The molecule has 0 aliphatic carbocycles. The van der Waals surface area contributed by atoms with Gasteiger partial charge in [0.1, 0.15) is 11.9 Å². The summed E-state index contributed by atoms with van der Waals surface area (Å²) in [5, 5.41) is 9.69. The zero-order valence-corrected chi connectivity index (χ0v) is 16.0. The molecule has 1 amide bonds. The summed E-state index contributed by atoms with van der Waals surface area (Å²) < 4.78 is 11.0. The Bertz CT molecular complexity index is 677. The number of phenolic OH excluding ortho intramolecular Hbond substituents is 1. The van der Waals surface area contributed by atoms with Crippen molar-refractivity contribution in [3.63, 3.8) is 0 Å². The minimum absolute atomic E-state index is 0.0286. The lowest BCUT2D eigenvalue weighted by molar-refractivity contribution is 0.0362. The van der Waals surface area contributed by atoms with Gasteiger partial charge in [0.15, 0.2) is 0 Å². The summed E-state index contributed by atoms with van der Waals surface area (Å²) in [4.78, 5) is 18.9. The van der Waals surface area contributed by atoms with Crippen molar-refractivity contribution >= 4 is 6.09 Å². The average Bonchev–Trinajstić information content (AvgIpc) is 3.16. The van der Waals surface area contributed by atoms with Crippen molar-refractivity contribution in [3.05, 3.63) is 29.3 Å². The van der Waals surface area contributed by atoms with Crippen molar-refractivity contribution < 1.29 is 19.4 Å². The van der Waals surface area contributed by atoms with E-state index in [0.29, 0.717) is 5.75 Å². The quantitative estimate of drug-likeness (QED) is 0.812. The SMILES string of the molecule is Cc1cc(CN2C[C@@H]3OC(=O)N(CCCN4CCOCC4)[C@@H]3C2)ccc1O. The predicted octanol–water partition coefficient (Wildman–Crippen LogP) is 1.43. The number of morpholine rings is 1. The molecule has 0 spiro atoms. The molecule has 148 valence electrons. The monoisotopic (exact) mass is 375 g/mol. The highest BCUT2D eigenvalue weighted by molar-refractivity contribution is 5.71. The van der Waals surface area contributed by atoms with Gasteiger partial charge in [-0.3, -0.25) is 9.80 Å². The number of hydrogen-bond acceptors (Lipinski definition) is 6. The van der Waals surface area contributed by atoms with E-state index in [-0.39, 0.29) is 18.2 Å². The van der Waals surface area contributed by atoms with Crippen LogP contribution in [0.3, 0.4) is 0 Å². The van der Waals surface area contributed by atoms with E-state index in [1.807, 2.05) is 24.0 Å². The maximum absolute atomic E-state index is 12.2. The van der Waals surface area contributed by atoms with E-state index >= 15 is 0 Å². The van der Waals surface area contributed by atoms with Gasteiger partial charge in [-0.2, -0.15) is 0 Å². The largest absolute Gasteiger partial charge is 0.508 e. The highest BCUT2D eigenvalue weighted by Gasteiger charge is 2.47. The van der Waals surface area contributed by atoms with Gasteiger partial charge in [0.2, 0.25) is 0 Å². The van der Waals surface area contributed by atoms with Crippen LogP contribution in [0.2, 0.25) is 0 Å². The van der Waals surface area contributed by atoms with Gasteiger partial charge in [-0.1, -0.05) is 12.1 Å². The lowest BCUT2D eigenvalue weighted by Gasteiger charge is -2.28. The molecule has 0 saturated carbocycles. The van der Waals surface area contributed by atoms with Crippen LogP contribution in [0.4, 0.5) is 4.79 Å². The van der Waals surface area contributed by atoms with Gasteiger partial charge >= 0.3 is 6.09 Å². The summed E-state index contributed by atoms with van der Waals surface area (Å²) in [6.45, 7) is 9.68. The first-order chi connectivity index (χ1) is 13.1. The van der Waals surface area contributed by atoms with Crippen LogP contribution in [0.25, 0.3) is 0 Å². The van der Waals surface area contributed by atoms with Gasteiger partial charge in [0, 0.05) is 45.8 Å². The van der Waals surface area contributed by atoms with Gasteiger partial charge in [-0.15, -0.1) is 0 Å². The number of benzene rings is 1. The summed E-state index contributed by atoms with van der Waals surface area (Å²) in [5.74, 6) is 0.331. The van der Waals surface area contributed by atoms with E-state index in [1.54, 1.807) is 6.07 Å². The molecule has 1 aromatic rings. The number of amides is 1. The number of fused-ring (bicyclic) bond motifs is 1. The predicted molar refractivity (Wildman–Crippen MR) is 101 cm³/mol. The molecule has 2 atom stereocenters. The van der Waals surface area contributed by atoms with Crippen molar-refractivity contribution in [2.24, 2.45) is 0 Å². The van der Waals surface area contributed by atoms with Gasteiger partial charge in [0.25, 0.3) is 0 Å². The molecule has 27 heavy (non-hydrogen) atoms. The Morgan fingerprint density at radius 3 is 2.74 bits per heavy atom. The molecule has 0 bridgehead atoms. The number of carbonyl (C=O) groups excluding carboxylic acids is 1. The summed E-state index contributed by atoms with van der Waals surface area (Å²) in [7, 11) is 0. The fourth-order valence-corrected chi connectivity index (χ4v) is 4.33. The molecule has 1 aromatic carbocycles. The van der Waals surface area contributed by atoms with Crippen molar-refractivity contribution in [2.45, 2.75) is 32.0 Å². The Kier molecular flexibility index (Phi) is 5.52. The fourth-order valence-electron chi connectivity index (χ4n) is 4.33. The number of rotatable bonds is 6. The Labute approximate surface area is 160 Å². The molecule has 3 saturated heterocycles. The lowest BCUT2D eigenvalue weighted by Crippen LogP contribution is -2.41. The first-order valence-electron chi connectivity index (χ1n) is 9.88. The lowest BCUT2D eigenvalue weighted by atomic mass is 10.1. The topological polar surface area (TPSA) is 65.5 Å². The smallest absolute Gasteiger partial charge is 0.410 e. The van der Waals surface area contributed by atoms with Gasteiger partial charge in [0.05, 0.1) is 19.3 Å². The van der Waals surface area contributed by atoms with E-state index in [1.165, 1.54) is 5.56 Å². The van der Waals surface area contributed by atoms with Crippen molar-refractivity contribution in [2.75, 3.05) is 52.5 Å². The first kappa shape index (κ1) is 18.5. The highest BCUT2D eigenvalue weighted by Crippen LogP contribution is 2.28. The summed E-state index contributed by atoms with van der Waals surface area (Å²) in [6.07, 6.45) is 0.779. The molecule has 0 aromatic heterocycles. The third-order valence-electron chi connectivity index (χ3n) is 5.84. The molecule has 3 heterocycles. The van der Waals surface area contributed by atoms with E-state index in [4.69, 9.17) is 9.47 Å². The highest BCUT2D eigenvalue weighted by atomic mass is 16.6. The molecule has 1 N–H and O–H groups in total. The number of hydrogen-bond donors (Lipinski definition) is 1. The fraction of sp³-hybridized carbons (Fsp3) is 0.650. The minimum Gasteiger partial charge on any atom is -0.508 e. The Morgan fingerprint density at radius 2 is 1.96 bits per heavy atom. The van der Waals surface area contributed by atoms with Crippen LogP contribution in [-0.4, -0.2) is 90.5 Å². The first-order valence-corrected chi connectivity index (χ1v) is 9.88. The minimum atomic E-state index is -0.160. The molecule has 3 fully saturated rings. The summed E-state index contributed by atoms with van der Waals surface area (Å²) in [5.41, 5.74) is 2.07. The second-order valence-corrected chi connectivity index (χ2v) is 7.81. The number of aromatic hydroxyl groups is 1. The van der Waals surface area contributed by atoms with Crippen molar-refractivity contribution in [1.29, 1.82) is 0 Å². The number of phenols is 1. The molecule has 3 aliphatic rings. The van der Waals surface area contributed by atoms with E-state index in [2.05, 4.69) is 9.80 Å². The standard InChI is InChI=1S/C20H29N3O4/c1-15-11-16(3-4-18(15)24)12-22-13-17-19(14-22)27-20(25)23(17)6-2-5-21-7-9-26-10-8-21/h3-4,11,17,19,24H,2,5-10,12-14H2,1H3/t17-,19+/m1/s1. The van der Waals surface area contributed by atoms with Crippen LogP contribution < -0.4 is 0 Å². The van der Waals surface area contributed by atoms with Gasteiger partial charge in [-0.25, -0.2) is 4.79 Å². The summed E-state index contributed by atoms with van der Waals surface area (Å²) >= 11 is 0. The van der Waals surface area contributed by atoms with E-state index < -0.39 is 0 Å².